The number of amides is 2. The van der Waals surface area contributed by atoms with E-state index in [4.69, 9.17) is 10.5 Å². The van der Waals surface area contributed by atoms with E-state index in [9.17, 15) is 9.59 Å². The molecule has 1 aliphatic rings. The molecule has 3 N–H and O–H groups in total. The number of hydrogen-bond acceptors (Lipinski definition) is 4. The molecule has 21 heavy (non-hydrogen) atoms. The minimum Gasteiger partial charge on any atom is -0.378 e. The van der Waals surface area contributed by atoms with E-state index in [2.05, 4.69) is 19.2 Å². The molecule has 6 nitrogen and oxygen atoms in total. The van der Waals surface area contributed by atoms with Crippen LogP contribution in [0, 0.1) is 11.8 Å². The Morgan fingerprint density at radius 2 is 1.95 bits per heavy atom. The third kappa shape index (κ3) is 7.43. The van der Waals surface area contributed by atoms with Gasteiger partial charge in [0.25, 0.3) is 0 Å². The Kier molecular flexibility index (Phi) is 8.30. The van der Waals surface area contributed by atoms with E-state index in [0.717, 1.165) is 6.42 Å². The molecule has 0 spiro atoms. The largest absolute Gasteiger partial charge is 0.378 e. The summed E-state index contributed by atoms with van der Waals surface area (Å²) >= 11 is 0. The van der Waals surface area contributed by atoms with Crippen LogP contribution in [0.1, 0.15) is 33.1 Å². The van der Waals surface area contributed by atoms with Crippen molar-refractivity contribution in [2.24, 2.45) is 17.6 Å². The van der Waals surface area contributed by atoms with E-state index in [-0.39, 0.29) is 17.7 Å². The van der Waals surface area contributed by atoms with Gasteiger partial charge in [0.05, 0.1) is 13.2 Å². The van der Waals surface area contributed by atoms with Gasteiger partial charge in [-0.1, -0.05) is 13.8 Å². The first-order valence-corrected chi connectivity index (χ1v) is 7.85. The van der Waals surface area contributed by atoms with Crippen LogP contribution in [0.2, 0.25) is 0 Å². The van der Waals surface area contributed by atoms with Crippen LogP contribution in [-0.2, 0) is 14.3 Å². The Bertz CT molecular complexity index is 328. The maximum absolute atomic E-state index is 11.9. The Hall–Kier alpha value is -1.14. The molecule has 1 fully saturated rings. The van der Waals surface area contributed by atoms with Crippen molar-refractivity contribution in [2.75, 3.05) is 39.4 Å². The number of morpholine rings is 1. The van der Waals surface area contributed by atoms with Gasteiger partial charge in [-0.15, -0.1) is 0 Å². The van der Waals surface area contributed by atoms with Gasteiger partial charge in [-0.2, -0.15) is 0 Å². The molecule has 1 aliphatic heterocycles. The van der Waals surface area contributed by atoms with Gasteiger partial charge in [-0.25, -0.2) is 0 Å². The topological polar surface area (TPSA) is 84.7 Å². The van der Waals surface area contributed by atoms with Crippen LogP contribution in [0.4, 0.5) is 0 Å². The molecule has 2 amide bonds. The van der Waals surface area contributed by atoms with Crippen LogP contribution in [0.15, 0.2) is 0 Å². The first-order chi connectivity index (χ1) is 10.0. The second-order valence-electron chi connectivity index (χ2n) is 6.03. The van der Waals surface area contributed by atoms with E-state index >= 15 is 0 Å². The molecular weight excluding hydrogens is 270 g/mol. The second kappa shape index (κ2) is 9.73. The molecular formula is C15H29N3O3. The lowest BCUT2D eigenvalue weighted by atomic mass is 9.94. The SMILES string of the molecule is CC(C)C[C@H](CN)CC(=O)NCCC(=O)N1CCOCC1. The molecule has 0 unspecified atom stereocenters. The maximum atomic E-state index is 11.9. The van der Waals surface area contributed by atoms with E-state index in [1.807, 2.05) is 0 Å². The lowest BCUT2D eigenvalue weighted by Gasteiger charge is -2.26. The summed E-state index contributed by atoms with van der Waals surface area (Å²) in [5, 5.41) is 2.82. The van der Waals surface area contributed by atoms with Gasteiger partial charge < -0.3 is 20.7 Å². The molecule has 122 valence electrons. The Labute approximate surface area is 127 Å². The Morgan fingerprint density at radius 1 is 1.29 bits per heavy atom. The highest BCUT2D eigenvalue weighted by molar-refractivity contribution is 5.79. The summed E-state index contributed by atoms with van der Waals surface area (Å²) in [6, 6.07) is 0. The van der Waals surface area contributed by atoms with Crippen molar-refractivity contribution in [3.63, 3.8) is 0 Å². The molecule has 1 saturated heterocycles. The molecule has 0 aromatic heterocycles. The van der Waals surface area contributed by atoms with Gasteiger partial charge in [0.2, 0.25) is 11.8 Å². The minimum absolute atomic E-state index is 0.0131. The number of hydrogen-bond donors (Lipinski definition) is 2. The van der Waals surface area contributed by atoms with Crippen LogP contribution in [-0.4, -0.2) is 56.1 Å². The van der Waals surface area contributed by atoms with Crippen LogP contribution in [0.5, 0.6) is 0 Å². The summed E-state index contributed by atoms with van der Waals surface area (Å²) in [4.78, 5) is 25.5. The summed E-state index contributed by atoms with van der Waals surface area (Å²) in [6.45, 7) is 7.68. The van der Waals surface area contributed by atoms with Crippen molar-refractivity contribution in [2.45, 2.75) is 33.1 Å². The van der Waals surface area contributed by atoms with E-state index < -0.39 is 0 Å². The summed E-state index contributed by atoms with van der Waals surface area (Å²) in [6.07, 6.45) is 1.75. The third-order valence-electron chi connectivity index (χ3n) is 3.64. The monoisotopic (exact) mass is 299 g/mol. The van der Waals surface area contributed by atoms with Crippen molar-refractivity contribution in [3.05, 3.63) is 0 Å². The summed E-state index contributed by atoms with van der Waals surface area (Å²) < 4.78 is 5.20. The number of nitrogens with two attached hydrogens (primary N) is 1. The second-order valence-corrected chi connectivity index (χ2v) is 6.03. The molecule has 0 aromatic carbocycles. The van der Waals surface area contributed by atoms with Crippen LogP contribution >= 0.6 is 0 Å². The zero-order valence-corrected chi connectivity index (χ0v) is 13.3. The van der Waals surface area contributed by atoms with Crippen LogP contribution < -0.4 is 11.1 Å². The van der Waals surface area contributed by atoms with E-state index in [1.54, 1.807) is 4.90 Å². The molecule has 6 heteroatoms. The van der Waals surface area contributed by atoms with Crippen molar-refractivity contribution in [1.29, 1.82) is 0 Å². The molecule has 0 bridgehead atoms. The first kappa shape index (κ1) is 17.9. The maximum Gasteiger partial charge on any atom is 0.224 e. The van der Waals surface area contributed by atoms with E-state index in [1.165, 1.54) is 0 Å². The standard InChI is InChI=1S/C15H29N3O3/c1-12(2)9-13(11-16)10-14(19)17-4-3-15(20)18-5-7-21-8-6-18/h12-13H,3-11,16H2,1-2H3,(H,17,19)/t13-/m0/s1. The molecule has 1 atom stereocenters. The molecule has 0 aliphatic carbocycles. The van der Waals surface area contributed by atoms with Gasteiger partial charge >= 0.3 is 0 Å². The fourth-order valence-corrected chi connectivity index (χ4v) is 2.54. The molecule has 0 radical (unpaired) electrons. The molecule has 1 heterocycles. The lowest BCUT2D eigenvalue weighted by molar-refractivity contribution is -0.135. The fourth-order valence-electron chi connectivity index (χ4n) is 2.54. The molecule has 0 saturated carbocycles. The predicted octanol–water partition coefficient (Wildman–Crippen LogP) is 0.363. The quantitative estimate of drug-likeness (QED) is 0.678. The van der Waals surface area contributed by atoms with Gasteiger partial charge in [-0.05, 0) is 24.8 Å². The van der Waals surface area contributed by atoms with E-state index in [0.29, 0.717) is 58.2 Å². The highest BCUT2D eigenvalue weighted by Gasteiger charge is 2.17. The summed E-state index contributed by atoms with van der Waals surface area (Å²) in [5.74, 6) is 0.825. The average molecular weight is 299 g/mol. The number of ether oxygens (including phenoxy) is 1. The predicted molar refractivity (Wildman–Crippen MR) is 81.6 cm³/mol. The van der Waals surface area contributed by atoms with Gasteiger partial charge in [0.1, 0.15) is 0 Å². The highest BCUT2D eigenvalue weighted by atomic mass is 16.5. The first-order valence-electron chi connectivity index (χ1n) is 7.85. The van der Waals surface area contributed by atoms with Gasteiger partial charge in [-0.3, -0.25) is 9.59 Å². The zero-order valence-electron chi connectivity index (χ0n) is 13.3. The van der Waals surface area contributed by atoms with Crippen molar-refractivity contribution in [1.82, 2.24) is 10.2 Å². The summed E-state index contributed by atoms with van der Waals surface area (Å²) in [7, 11) is 0. The number of carbonyl (C=O) groups excluding carboxylic acids is 2. The van der Waals surface area contributed by atoms with Gasteiger partial charge in [0, 0.05) is 32.5 Å². The minimum atomic E-state index is -0.0131. The van der Waals surface area contributed by atoms with Crippen molar-refractivity contribution >= 4 is 11.8 Å². The average Bonchev–Trinajstić information content (AvgIpc) is 2.46. The van der Waals surface area contributed by atoms with Crippen molar-refractivity contribution < 1.29 is 14.3 Å². The third-order valence-corrected chi connectivity index (χ3v) is 3.64. The Morgan fingerprint density at radius 3 is 2.52 bits per heavy atom. The van der Waals surface area contributed by atoms with Crippen LogP contribution in [0.3, 0.4) is 0 Å². The number of carbonyl (C=O) groups is 2. The fraction of sp³-hybridized carbons (Fsp3) is 0.867. The number of nitrogens with one attached hydrogen (secondary N) is 1. The summed E-state index contributed by atoms with van der Waals surface area (Å²) in [5.41, 5.74) is 5.69. The highest BCUT2D eigenvalue weighted by Crippen LogP contribution is 2.13. The molecule has 0 aromatic rings. The lowest BCUT2D eigenvalue weighted by Crippen LogP contribution is -2.42. The number of nitrogens with zero attached hydrogens (tertiary/aromatic N) is 1. The number of rotatable bonds is 8. The molecule has 1 rings (SSSR count). The zero-order chi connectivity index (χ0) is 15.7. The Balaban J connectivity index is 2.18. The van der Waals surface area contributed by atoms with Gasteiger partial charge in [0.15, 0.2) is 0 Å². The smallest absolute Gasteiger partial charge is 0.224 e. The normalized spacial score (nSPS) is 16.9. The van der Waals surface area contributed by atoms with Crippen molar-refractivity contribution in [3.8, 4) is 0 Å². The van der Waals surface area contributed by atoms with Crippen LogP contribution in [0.25, 0.3) is 0 Å².